The Hall–Kier alpha value is -3.62. The van der Waals surface area contributed by atoms with Crippen molar-refractivity contribution < 1.29 is 43.9 Å². The highest BCUT2D eigenvalue weighted by Gasteiger charge is 2.37. The molecule has 1 atom stereocenters. The number of benzene rings is 3. The van der Waals surface area contributed by atoms with Crippen molar-refractivity contribution in [1.82, 2.24) is 4.90 Å². The number of amides is 1. The summed E-state index contributed by atoms with van der Waals surface area (Å²) < 4.78 is 113. The summed E-state index contributed by atoms with van der Waals surface area (Å²) in [5.74, 6) is -1.05. The average molecular weight is 701 g/mol. The molecule has 1 saturated heterocycles. The second-order valence-electron chi connectivity index (χ2n) is 11.0. The molecule has 5 rings (SSSR count). The van der Waals surface area contributed by atoms with E-state index in [9.17, 15) is 39.2 Å². The van der Waals surface area contributed by atoms with Crippen LogP contribution in [0.2, 0.25) is 5.02 Å². The number of ether oxygens (including phenoxy) is 1. The molecule has 0 unspecified atom stereocenters. The van der Waals surface area contributed by atoms with E-state index in [4.69, 9.17) is 16.3 Å². The van der Waals surface area contributed by atoms with Crippen molar-refractivity contribution in [3.05, 3.63) is 88.2 Å². The van der Waals surface area contributed by atoms with Gasteiger partial charge < -0.3 is 9.64 Å². The van der Waals surface area contributed by atoms with Crippen LogP contribution in [0.5, 0.6) is 5.75 Å². The molecular weight excluding hydrogens is 672 g/mol. The number of carbonyl (C=O) groups excluding carboxylic acids is 1. The summed E-state index contributed by atoms with van der Waals surface area (Å²) in [6.45, 7) is 1.42. The van der Waals surface area contributed by atoms with E-state index in [0.29, 0.717) is 17.2 Å². The molecule has 0 N–H and O–H groups in total. The normalized spacial score (nSPS) is 18.6. The van der Waals surface area contributed by atoms with Crippen LogP contribution in [0, 0.1) is 5.82 Å². The van der Waals surface area contributed by atoms with Crippen LogP contribution in [0.4, 0.5) is 23.2 Å². The monoisotopic (exact) mass is 700 g/mol. The fraction of sp³-hybridized carbons (Fsp3) is 0.323. The Morgan fingerprint density at radius 3 is 2.43 bits per heavy atom. The first-order valence-corrected chi connectivity index (χ1v) is 17.8. The lowest BCUT2D eigenvalue weighted by atomic mass is 10.0. The highest BCUT2D eigenvalue weighted by atomic mass is 35.5. The van der Waals surface area contributed by atoms with Gasteiger partial charge in [0.1, 0.15) is 17.7 Å². The standard InChI is InChI=1S/C31H29ClF4N2O6S2/c1-20(30-25(32)6-3-7-26(30)33)16-21-8-10-28-27(17-21)38(46(42,43)24-5-2-4-22(18-24)31(34,35)36)19-23(44-28)9-11-29(39)37-12-14-45(40,41)15-13-37/h2-8,10,16-18,23H,9,11-15,19H2,1H3/b20-16+/t23-/m0/s1. The van der Waals surface area contributed by atoms with Crippen LogP contribution in [0.1, 0.15) is 36.5 Å². The first-order chi connectivity index (χ1) is 21.5. The molecule has 0 aromatic heterocycles. The second-order valence-corrected chi connectivity index (χ2v) is 15.6. The highest BCUT2D eigenvalue weighted by molar-refractivity contribution is 7.93. The molecule has 3 aromatic rings. The zero-order chi connectivity index (χ0) is 33.4. The molecule has 3 aromatic carbocycles. The molecule has 2 aliphatic heterocycles. The fourth-order valence-electron chi connectivity index (χ4n) is 5.36. The molecule has 2 heterocycles. The van der Waals surface area contributed by atoms with Gasteiger partial charge in [-0.15, -0.1) is 0 Å². The van der Waals surface area contributed by atoms with E-state index in [-0.39, 0.29) is 71.9 Å². The zero-order valence-corrected chi connectivity index (χ0v) is 26.8. The Kier molecular flexibility index (Phi) is 9.45. The summed E-state index contributed by atoms with van der Waals surface area (Å²) in [6.07, 6.45) is -4.06. The number of halogens is 5. The first-order valence-electron chi connectivity index (χ1n) is 14.2. The Bertz CT molecular complexity index is 1880. The van der Waals surface area contributed by atoms with Crippen molar-refractivity contribution in [2.45, 2.75) is 36.9 Å². The van der Waals surface area contributed by atoms with Crippen LogP contribution in [-0.4, -0.2) is 64.9 Å². The quantitative estimate of drug-likeness (QED) is 0.220. The van der Waals surface area contributed by atoms with Crippen molar-refractivity contribution >= 4 is 54.7 Å². The molecule has 0 radical (unpaired) electrons. The first kappa shape index (κ1) is 33.7. The fourth-order valence-corrected chi connectivity index (χ4v) is 8.42. The minimum Gasteiger partial charge on any atom is -0.486 e. The Morgan fingerprint density at radius 2 is 1.76 bits per heavy atom. The summed E-state index contributed by atoms with van der Waals surface area (Å²) in [7, 11) is -7.79. The lowest BCUT2D eigenvalue weighted by Gasteiger charge is -2.36. The van der Waals surface area contributed by atoms with Crippen LogP contribution in [0.15, 0.2) is 65.6 Å². The van der Waals surface area contributed by atoms with Gasteiger partial charge in [0.2, 0.25) is 5.91 Å². The number of anilines is 1. The molecule has 0 aliphatic carbocycles. The van der Waals surface area contributed by atoms with E-state index in [1.54, 1.807) is 19.1 Å². The summed E-state index contributed by atoms with van der Waals surface area (Å²) in [6, 6.07) is 12.2. The maximum Gasteiger partial charge on any atom is 0.416 e. The van der Waals surface area contributed by atoms with Gasteiger partial charge >= 0.3 is 6.18 Å². The van der Waals surface area contributed by atoms with Crippen molar-refractivity contribution in [2.24, 2.45) is 0 Å². The zero-order valence-electron chi connectivity index (χ0n) is 24.4. The summed E-state index contributed by atoms with van der Waals surface area (Å²) in [4.78, 5) is 13.7. The number of sulfone groups is 1. The van der Waals surface area contributed by atoms with Gasteiger partial charge in [-0.1, -0.05) is 35.9 Å². The lowest BCUT2D eigenvalue weighted by Crippen LogP contribution is -2.46. The molecule has 0 bridgehead atoms. The van der Waals surface area contributed by atoms with E-state index in [1.165, 1.54) is 35.2 Å². The summed E-state index contributed by atoms with van der Waals surface area (Å²) >= 11 is 6.21. The van der Waals surface area contributed by atoms with Gasteiger partial charge in [-0.05, 0) is 66.9 Å². The number of nitrogens with zero attached hydrogens (tertiary/aromatic N) is 2. The summed E-state index contributed by atoms with van der Waals surface area (Å²) in [5.41, 5.74) is -0.0575. The summed E-state index contributed by atoms with van der Waals surface area (Å²) in [5, 5.41) is 0.173. The van der Waals surface area contributed by atoms with E-state index < -0.39 is 48.4 Å². The van der Waals surface area contributed by atoms with Gasteiger partial charge in [-0.25, -0.2) is 21.2 Å². The lowest BCUT2D eigenvalue weighted by molar-refractivity contribution is -0.137. The maximum atomic E-state index is 14.6. The predicted molar refractivity (Wildman–Crippen MR) is 166 cm³/mol. The minimum absolute atomic E-state index is 0.0439. The topological polar surface area (TPSA) is 101 Å². The van der Waals surface area contributed by atoms with E-state index >= 15 is 0 Å². The Balaban J connectivity index is 1.48. The Labute approximate surface area is 269 Å². The largest absolute Gasteiger partial charge is 0.486 e. The molecule has 46 heavy (non-hydrogen) atoms. The van der Waals surface area contributed by atoms with Crippen LogP contribution < -0.4 is 9.04 Å². The van der Waals surface area contributed by atoms with Crippen LogP contribution in [0.3, 0.4) is 0 Å². The maximum absolute atomic E-state index is 14.6. The van der Waals surface area contributed by atoms with Crippen molar-refractivity contribution in [3.8, 4) is 5.75 Å². The molecule has 0 spiro atoms. The van der Waals surface area contributed by atoms with E-state index in [1.807, 2.05) is 0 Å². The van der Waals surface area contributed by atoms with Gasteiger partial charge in [0.05, 0.1) is 39.2 Å². The third kappa shape index (κ3) is 7.34. The molecule has 1 fully saturated rings. The SMILES string of the molecule is C/C(=C\c1ccc2c(c1)N(S(=O)(=O)c1cccc(C(F)(F)F)c1)C[C@H](CCC(=O)N1CCS(=O)(=O)CC1)O2)c1c(F)cccc1Cl. The van der Waals surface area contributed by atoms with Crippen LogP contribution in [-0.2, 0) is 30.8 Å². The third-order valence-electron chi connectivity index (χ3n) is 7.78. The molecule has 0 saturated carbocycles. The van der Waals surface area contributed by atoms with Crippen molar-refractivity contribution in [1.29, 1.82) is 0 Å². The number of allylic oxidation sites excluding steroid dienone is 1. The van der Waals surface area contributed by atoms with Gasteiger partial charge in [0.15, 0.2) is 9.84 Å². The van der Waals surface area contributed by atoms with E-state index in [2.05, 4.69) is 0 Å². The van der Waals surface area contributed by atoms with Crippen LogP contribution in [0.25, 0.3) is 11.6 Å². The average Bonchev–Trinajstić information content (AvgIpc) is 2.99. The predicted octanol–water partition coefficient (Wildman–Crippen LogP) is 6.05. The number of carbonyl (C=O) groups is 1. The van der Waals surface area contributed by atoms with Crippen molar-refractivity contribution in [2.75, 3.05) is 35.4 Å². The molecule has 8 nitrogen and oxygen atoms in total. The molecular formula is C31H29ClF4N2O6S2. The number of hydrogen-bond acceptors (Lipinski definition) is 6. The van der Waals surface area contributed by atoms with Gasteiger partial charge in [0.25, 0.3) is 10.0 Å². The molecule has 2 aliphatic rings. The van der Waals surface area contributed by atoms with Gasteiger partial charge in [-0.3, -0.25) is 9.10 Å². The third-order valence-corrected chi connectivity index (χ3v) is 11.5. The van der Waals surface area contributed by atoms with Crippen molar-refractivity contribution in [3.63, 3.8) is 0 Å². The molecule has 246 valence electrons. The van der Waals surface area contributed by atoms with E-state index in [0.717, 1.165) is 22.5 Å². The van der Waals surface area contributed by atoms with Crippen LogP contribution >= 0.6 is 11.6 Å². The molecule has 15 heteroatoms. The van der Waals surface area contributed by atoms with Gasteiger partial charge in [-0.2, -0.15) is 13.2 Å². The highest BCUT2D eigenvalue weighted by Crippen LogP contribution is 2.40. The number of rotatable bonds is 7. The Morgan fingerprint density at radius 1 is 1.07 bits per heavy atom. The minimum atomic E-state index is -4.78. The number of hydrogen-bond donors (Lipinski definition) is 0. The number of alkyl halides is 3. The molecule has 1 amide bonds. The second kappa shape index (κ2) is 12.9. The number of sulfonamides is 1. The smallest absolute Gasteiger partial charge is 0.416 e. The number of fused-ring (bicyclic) bond motifs is 1. The van der Waals surface area contributed by atoms with Gasteiger partial charge in [0, 0.05) is 25.1 Å².